The first-order chi connectivity index (χ1) is 18.4. The van der Waals surface area contributed by atoms with Gasteiger partial charge in [0, 0.05) is 22.1 Å². The maximum absolute atomic E-state index is 12.6. The monoisotopic (exact) mass is 541 g/mol. The second-order valence-electron chi connectivity index (χ2n) is 7.88. The van der Waals surface area contributed by atoms with E-state index in [0.29, 0.717) is 27.6 Å². The van der Waals surface area contributed by atoms with E-state index in [1.165, 1.54) is 35.6 Å². The summed E-state index contributed by atoms with van der Waals surface area (Å²) in [6.07, 6.45) is 0. The lowest BCUT2D eigenvalue weighted by Crippen LogP contribution is -2.02. The van der Waals surface area contributed by atoms with Gasteiger partial charge in [0.25, 0.3) is 0 Å². The van der Waals surface area contributed by atoms with Crippen molar-refractivity contribution in [2.24, 2.45) is 0 Å². The standard InChI is InChI=1S/C27H19F4N3O3S/c1-35-19-8-2-17(3-9-19)23-15-38-27(32-23)34-24(18-6-12-21(13-7-18)37-26(30)31)14-22(33-34)16-4-10-20(11-5-16)36-25(28)29/h2-15,25-26H,1H3. The van der Waals surface area contributed by atoms with Crippen LogP contribution in [0, 0.1) is 0 Å². The Balaban J connectivity index is 1.53. The molecule has 2 aromatic heterocycles. The van der Waals surface area contributed by atoms with Crippen molar-refractivity contribution in [1.29, 1.82) is 0 Å². The van der Waals surface area contributed by atoms with Crippen LogP contribution in [0.1, 0.15) is 0 Å². The fourth-order valence-electron chi connectivity index (χ4n) is 3.74. The van der Waals surface area contributed by atoms with Gasteiger partial charge >= 0.3 is 13.2 Å². The van der Waals surface area contributed by atoms with Crippen molar-refractivity contribution in [3.8, 4) is 56.2 Å². The quantitative estimate of drug-likeness (QED) is 0.181. The van der Waals surface area contributed by atoms with Gasteiger partial charge in [-0.1, -0.05) is 0 Å². The Morgan fingerprint density at radius 3 is 1.71 bits per heavy atom. The number of aromatic nitrogens is 3. The molecule has 38 heavy (non-hydrogen) atoms. The Hall–Kier alpha value is -4.38. The minimum absolute atomic E-state index is 0.0284. The Labute approximate surface area is 218 Å². The fourth-order valence-corrected chi connectivity index (χ4v) is 4.54. The maximum Gasteiger partial charge on any atom is 0.387 e. The molecule has 0 atom stereocenters. The predicted molar refractivity (Wildman–Crippen MR) is 135 cm³/mol. The Morgan fingerprint density at radius 2 is 1.18 bits per heavy atom. The van der Waals surface area contributed by atoms with Gasteiger partial charge in [-0.2, -0.15) is 22.7 Å². The molecule has 0 N–H and O–H groups in total. The van der Waals surface area contributed by atoms with Gasteiger partial charge in [0.05, 0.1) is 24.2 Å². The van der Waals surface area contributed by atoms with Gasteiger partial charge in [0.15, 0.2) is 0 Å². The number of halogens is 4. The van der Waals surface area contributed by atoms with Gasteiger partial charge in [0.1, 0.15) is 17.2 Å². The molecule has 0 saturated heterocycles. The van der Waals surface area contributed by atoms with E-state index < -0.39 is 13.2 Å². The minimum Gasteiger partial charge on any atom is -0.497 e. The van der Waals surface area contributed by atoms with Crippen molar-refractivity contribution < 1.29 is 31.8 Å². The van der Waals surface area contributed by atoms with Crippen LogP contribution in [0.5, 0.6) is 17.2 Å². The van der Waals surface area contributed by atoms with E-state index in [2.05, 4.69) is 9.47 Å². The van der Waals surface area contributed by atoms with E-state index in [-0.39, 0.29) is 11.5 Å². The van der Waals surface area contributed by atoms with Gasteiger partial charge in [0.2, 0.25) is 5.13 Å². The van der Waals surface area contributed by atoms with Crippen LogP contribution in [0.15, 0.2) is 84.2 Å². The highest BCUT2D eigenvalue weighted by Crippen LogP contribution is 2.33. The molecule has 0 spiro atoms. The lowest BCUT2D eigenvalue weighted by molar-refractivity contribution is -0.0505. The second kappa shape index (κ2) is 10.9. The molecule has 5 aromatic rings. The number of benzene rings is 3. The number of thiazole rings is 1. The molecule has 5 rings (SSSR count). The average Bonchev–Trinajstić information content (AvgIpc) is 3.57. The van der Waals surface area contributed by atoms with Crippen LogP contribution in [0.2, 0.25) is 0 Å². The largest absolute Gasteiger partial charge is 0.497 e. The van der Waals surface area contributed by atoms with Crippen LogP contribution in [-0.4, -0.2) is 35.1 Å². The highest BCUT2D eigenvalue weighted by atomic mass is 32.1. The van der Waals surface area contributed by atoms with E-state index >= 15 is 0 Å². The molecular formula is C27H19F4N3O3S. The molecular weight excluding hydrogens is 522 g/mol. The lowest BCUT2D eigenvalue weighted by atomic mass is 10.1. The van der Waals surface area contributed by atoms with E-state index in [1.807, 2.05) is 29.6 Å². The first-order valence-corrected chi connectivity index (χ1v) is 12.1. The topological polar surface area (TPSA) is 58.4 Å². The third kappa shape index (κ3) is 5.62. The molecule has 0 aliphatic carbocycles. The molecule has 0 amide bonds. The zero-order valence-corrected chi connectivity index (χ0v) is 20.5. The van der Waals surface area contributed by atoms with Crippen molar-refractivity contribution in [1.82, 2.24) is 14.8 Å². The second-order valence-corrected chi connectivity index (χ2v) is 8.71. The van der Waals surface area contributed by atoms with Crippen molar-refractivity contribution in [3.05, 3.63) is 84.2 Å². The number of ether oxygens (including phenoxy) is 3. The van der Waals surface area contributed by atoms with Crippen LogP contribution in [0.4, 0.5) is 17.6 Å². The summed E-state index contributed by atoms with van der Waals surface area (Å²) in [6, 6.07) is 21.6. The molecule has 0 unspecified atom stereocenters. The van der Waals surface area contributed by atoms with Crippen molar-refractivity contribution >= 4 is 11.3 Å². The van der Waals surface area contributed by atoms with E-state index in [0.717, 1.165) is 17.0 Å². The highest BCUT2D eigenvalue weighted by molar-refractivity contribution is 7.12. The van der Waals surface area contributed by atoms with Crippen molar-refractivity contribution in [2.45, 2.75) is 13.2 Å². The third-order valence-electron chi connectivity index (χ3n) is 5.52. The van der Waals surface area contributed by atoms with Crippen LogP contribution >= 0.6 is 11.3 Å². The molecule has 0 saturated carbocycles. The molecule has 2 heterocycles. The molecule has 3 aromatic carbocycles. The van der Waals surface area contributed by atoms with Gasteiger partial charge in [-0.05, 0) is 78.9 Å². The molecule has 0 aliphatic rings. The molecule has 0 radical (unpaired) electrons. The molecule has 11 heteroatoms. The summed E-state index contributed by atoms with van der Waals surface area (Å²) >= 11 is 1.38. The highest BCUT2D eigenvalue weighted by Gasteiger charge is 2.17. The van der Waals surface area contributed by atoms with Crippen molar-refractivity contribution in [2.75, 3.05) is 7.11 Å². The predicted octanol–water partition coefficient (Wildman–Crippen LogP) is 7.54. The summed E-state index contributed by atoms with van der Waals surface area (Å²) in [7, 11) is 1.60. The van der Waals surface area contributed by atoms with Gasteiger partial charge in [-0.3, -0.25) is 0 Å². The zero-order valence-electron chi connectivity index (χ0n) is 19.7. The minimum atomic E-state index is -2.93. The van der Waals surface area contributed by atoms with Crippen LogP contribution in [0.25, 0.3) is 38.9 Å². The van der Waals surface area contributed by atoms with Crippen LogP contribution in [0.3, 0.4) is 0 Å². The number of rotatable bonds is 9. The Morgan fingerprint density at radius 1 is 0.684 bits per heavy atom. The Bertz CT molecular complexity index is 1500. The number of alkyl halides is 4. The summed E-state index contributed by atoms with van der Waals surface area (Å²) in [6.45, 7) is -5.85. The Kier molecular flexibility index (Phi) is 7.27. The zero-order chi connectivity index (χ0) is 26.6. The SMILES string of the molecule is COc1ccc(-c2csc(-n3nc(-c4ccc(OC(F)F)cc4)cc3-c3ccc(OC(F)F)cc3)n2)cc1. The van der Waals surface area contributed by atoms with Gasteiger partial charge in [-0.25, -0.2) is 9.67 Å². The smallest absolute Gasteiger partial charge is 0.387 e. The first kappa shape index (κ1) is 25.3. The number of methoxy groups -OCH3 is 1. The van der Waals surface area contributed by atoms with Gasteiger partial charge in [-0.15, -0.1) is 11.3 Å². The molecule has 194 valence electrons. The number of hydrogen-bond acceptors (Lipinski definition) is 6. The third-order valence-corrected chi connectivity index (χ3v) is 6.34. The first-order valence-electron chi connectivity index (χ1n) is 11.2. The van der Waals surface area contributed by atoms with Crippen LogP contribution < -0.4 is 14.2 Å². The van der Waals surface area contributed by atoms with E-state index in [9.17, 15) is 17.6 Å². The molecule has 0 aliphatic heterocycles. The number of nitrogens with zero attached hydrogens (tertiary/aromatic N) is 3. The van der Waals surface area contributed by atoms with E-state index in [1.54, 1.807) is 42.1 Å². The number of hydrogen-bond donors (Lipinski definition) is 0. The average molecular weight is 542 g/mol. The summed E-state index contributed by atoms with van der Waals surface area (Å²) < 4.78 is 66.0. The fraction of sp³-hybridized carbons (Fsp3) is 0.111. The normalized spacial score (nSPS) is 11.2. The summed E-state index contributed by atoms with van der Waals surface area (Å²) in [5.74, 6) is 0.787. The van der Waals surface area contributed by atoms with Gasteiger partial charge < -0.3 is 14.2 Å². The molecule has 0 fully saturated rings. The van der Waals surface area contributed by atoms with Crippen LogP contribution in [-0.2, 0) is 0 Å². The molecule has 6 nitrogen and oxygen atoms in total. The molecule has 0 bridgehead atoms. The summed E-state index contributed by atoms with van der Waals surface area (Å²) in [5.41, 5.74) is 4.18. The van der Waals surface area contributed by atoms with E-state index in [4.69, 9.17) is 14.8 Å². The van der Waals surface area contributed by atoms with Crippen molar-refractivity contribution in [3.63, 3.8) is 0 Å². The lowest BCUT2D eigenvalue weighted by Gasteiger charge is -2.07. The maximum atomic E-state index is 12.6. The summed E-state index contributed by atoms with van der Waals surface area (Å²) in [5, 5.41) is 7.20. The summed E-state index contributed by atoms with van der Waals surface area (Å²) in [4.78, 5) is 4.75.